The lowest BCUT2D eigenvalue weighted by atomic mass is 10.3. The summed E-state index contributed by atoms with van der Waals surface area (Å²) in [6.07, 6.45) is 6.11. The van der Waals surface area contributed by atoms with Crippen LogP contribution in [0.2, 0.25) is 0 Å². The van der Waals surface area contributed by atoms with Crippen LogP contribution in [0.1, 0.15) is 46.4 Å². The number of aromatic nitrogens is 2. The van der Waals surface area contributed by atoms with Crippen LogP contribution in [0.3, 0.4) is 0 Å². The first kappa shape index (κ1) is 12.7. The summed E-state index contributed by atoms with van der Waals surface area (Å²) in [7, 11) is 0.241. The van der Waals surface area contributed by atoms with Crippen molar-refractivity contribution in [2.24, 2.45) is 0 Å². The van der Waals surface area contributed by atoms with Crippen LogP contribution >= 0.6 is 7.92 Å². The summed E-state index contributed by atoms with van der Waals surface area (Å²) in [5, 5.41) is 6.06. The Morgan fingerprint density at radius 2 is 2.00 bits per heavy atom. The minimum absolute atomic E-state index is 0.241. The average Bonchev–Trinajstić information content (AvgIpc) is 3.00. The van der Waals surface area contributed by atoms with Crippen LogP contribution in [-0.4, -0.2) is 22.1 Å². The van der Waals surface area contributed by atoms with Gasteiger partial charge in [0, 0.05) is 17.0 Å². The highest BCUT2D eigenvalue weighted by Crippen LogP contribution is 2.49. The zero-order valence-corrected chi connectivity index (χ0v) is 11.5. The normalized spacial score (nSPS) is 15.1. The Morgan fingerprint density at radius 1 is 1.40 bits per heavy atom. The third-order valence-corrected chi connectivity index (χ3v) is 4.44. The molecule has 86 valence electrons. The average molecular weight is 226 g/mol. The van der Waals surface area contributed by atoms with E-state index in [0.29, 0.717) is 6.04 Å². The van der Waals surface area contributed by atoms with Gasteiger partial charge >= 0.3 is 0 Å². The monoisotopic (exact) mass is 226 g/mol. The summed E-state index contributed by atoms with van der Waals surface area (Å²) in [4.78, 5) is 0. The van der Waals surface area contributed by atoms with Crippen molar-refractivity contribution in [2.75, 3.05) is 12.3 Å². The van der Waals surface area contributed by atoms with Crippen molar-refractivity contribution in [1.29, 1.82) is 0 Å². The zero-order chi connectivity index (χ0) is 11.4. The maximum atomic E-state index is 4.48. The molecule has 0 atom stereocenters. The molecule has 0 spiro atoms. The van der Waals surface area contributed by atoms with E-state index in [-0.39, 0.29) is 7.92 Å². The molecule has 15 heavy (non-hydrogen) atoms. The highest BCUT2D eigenvalue weighted by Gasteiger charge is 2.27. The first-order chi connectivity index (χ1) is 7.24. The Labute approximate surface area is 94.8 Å². The number of hydrogen-bond donors (Lipinski definition) is 0. The van der Waals surface area contributed by atoms with E-state index in [2.05, 4.69) is 36.7 Å². The molecule has 1 aromatic heterocycles. The predicted molar refractivity (Wildman–Crippen MR) is 69.6 cm³/mol. The number of hydrogen-bond acceptors (Lipinski definition) is 1. The van der Waals surface area contributed by atoms with Gasteiger partial charge in [0.15, 0.2) is 0 Å². The molecule has 1 fully saturated rings. The molecule has 1 aliphatic rings. The zero-order valence-electron chi connectivity index (χ0n) is 10.6. The van der Waals surface area contributed by atoms with Gasteiger partial charge < -0.3 is 0 Å². The van der Waals surface area contributed by atoms with Gasteiger partial charge in [-0.05, 0) is 32.6 Å². The van der Waals surface area contributed by atoms with Gasteiger partial charge in [-0.1, -0.05) is 28.7 Å². The van der Waals surface area contributed by atoms with Crippen LogP contribution in [0.4, 0.5) is 0 Å². The summed E-state index contributed by atoms with van der Waals surface area (Å²) < 4.78 is 2.19. The van der Waals surface area contributed by atoms with Crippen LogP contribution in [0.25, 0.3) is 0 Å². The molecule has 1 saturated heterocycles. The lowest BCUT2D eigenvalue weighted by molar-refractivity contribution is 0.512. The van der Waals surface area contributed by atoms with Crippen LogP contribution in [0.5, 0.6) is 0 Å². The molecule has 0 unspecified atom stereocenters. The highest BCUT2D eigenvalue weighted by molar-refractivity contribution is 7.72. The molecule has 0 N–H and O–H groups in total. The number of rotatable bonds is 3. The third-order valence-electron chi connectivity index (χ3n) is 2.49. The molecular weight excluding hydrogens is 203 g/mol. The van der Waals surface area contributed by atoms with E-state index in [4.69, 9.17) is 0 Å². The Morgan fingerprint density at radius 3 is 2.40 bits per heavy atom. The van der Waals surface area contributed by atoms with Gasteiger partial charge in [-0.3, -0.25) is 4.68 Å². The second kappa shape index (κ2) is 5.65. The van der Waals surface area contributed by atoms with Crippen molar-refractivity contribution in [1.82, 2.24) is 9.78 Å². The van der Waals surface area contributed by atoms with Gasteiger partial charge in [0.25, 0.3) is 0 Å². The fourth-order valence-electron chi connectivity index (χ4n) is 1.72. The molecule has 2 heterocycles. The van der Waals surface area contributed by atoms with Crippen LogP contribution < -0.4 is 5.30 Å². The van der Waals surface area contributed by atoms with E-state index >= 15 is 0 Å². The predicted octanol–water partition coefficient (Wildman–Crippen LogP) is 3.17. The third kappa shape index (κ3) is 2.81. The van der Waals surface area contributed by atoms with Crippen LogP contribution in [-0.2, 0) is 6.42 Å². The first-order valence-corrected chi connectivity index (χ1v) is 7.76. The summed E-state index contributed by atoms with van der Waals surface area (Å²) in [6.45, 7) is 10.6. The van der Waals surface area contributed by atoms with E-state index in [0.717, 1.165) is 6.42 Å². The molecule has 0 radical (unpaired) electrons. The van der Waals surface area contributed by atoms with E-state index in [1.165, 1.54) is 18.0 Å². The van der Waals surface area contributed by atoms with E-state index < -0.39 is 0 Å². The van der Waals surface area contributed by atoms with Gasteiger partial charge in [0.2, 0.25) is 0 Å². The van der Waals surface area contributed by atoms with E-state index in [1.807, 2.05) is 13.8 Å². The van der Waals surface area contributed by atoms with Crippen molar-refractivity contribution in [3.8, 4) is 0 Å². The smallest absolute Gasteiger partial charge is 0.0569 e. The quantitative estimate of drug-likeness (QED) is 0.724. The fraction of sp³-hybridized carbons (Fsp3) is 0.750. The van der Waals surface area contributed by atoms with Crippen LogP contribution in [0.15, 0.2) is 6.20 Å². The molecule has 0 saturated carbocycles. The van der Waals surface area contributed by atoms with Crippen molar-refractivity contribution >= 4 is 13.2 Å². The molecular formula is C12H23N2P. The van der Waals surface area contributed by atoms with Crippen molar-refractivity contribution < 1.29 is 0 Å². The second-order valence-electron chi connectivity index (χ2n) is 3.86. The molecule has 0 bridgehead atoms. The Balaban J connectivity index is 0.000000531. The minimum Gasteiger partial charge on any atom is -0.266 e. The van der Waals surface area contributed by atoms with Crippen molar-refractivity contribution in [3.05, 3.63) is 11.9 Å². The molecule has 2 rings (SSSR count). The topological polar surface area (TPSA) is 17.8 Å². The molecule has 0 amide bonds. The summed E-state index contributed by atoms with van der Waals surface area (Å²) in [5.74, 6) is 0. The highest BCUT2D eigenvalue weighted by atomic mass is 31.1. The van der Waals surface area contributed by atoms with Crippen molar-refractivity contribution in [3.63, 3.8) is 0 Å². The van der Waals surface area contributed by atoms with Crippen molar-refractivity contribution in [2.45, 2.75) is 47.1 Å². The van der Waals surface area contributed by atoms with Gasteiger partial charge in [-0.15, -0.1) is 0 Å². The van der Waals surface area contributed by atoms with Gasteiger partial charge in [0.1, 0.15) is 0 Å². The minimum atomic E-state index is 0.241. The first-order valence-electron chi connectivity index (χ1n) is 6.05. The Hall–Kier alpha value is -0.360. The molecule has 3 heteroatoms. The lowest BCUT2D eigenvalue weighted by Gasteiger charge is -2.10. The van der Waals surface area contributed by atoms with E-state index in [1.54, 1.807) is 5.30 Å². The number of nitrogens with zero attached hydrogens (tertiary/aromatic N) is 2. The largest absolute Gasteiger partial charge is 0.266 e. The van der Waals surface area contributed by atoms with Gasteiger partial charge in [-0.2, -0.15) is 5.10 Å². The summed E-state index contributed by atoms with van der Waals surface area (Å²) in [5.41, 5.74) is 1.48. The van der Waals surface area contributed by atoms with E-state index in [9.17, 15) is 0 Å². The molecule has 0 aromatic carbocycles. The standard InChI is InChI=1S/C10H17N2P.C2H6/c1-4-9-10(13-5-6-13)7-11-12(9)8(2)3;1-2/h7-8H,4-6H2,1-3H3;1-2H3. The molecule has 1 aliphatic heterocycles. The summed E-state index contributed by atoms with van der Waals surface area (Å²) >= 11 is 0. The Bertz CT molecular complexity index is 281. The van der Waals surface area contributed by atoms with Gasteiger partial charge in [0.05, 0.1) is 6.20 Å². The van der Waals surface area contributed by atoms with Gasteiger partial charge in [-0.25, -0.2) is 0 Å². The SMILES string of the molecule is CC.CCc1c(P2CC2)cnn1C(C)C. The lowest BCUT2D eigenvalue weighted by Crippen LogP contribution is -2.10. The maximum absolute atomic E-state index is 4.48. The fourth-order valence-corrected chi connectivity index (χ4v) is 3.44. The Kier molecular flexibility index (Phi) is 4.79. The second-order valence-corrected chi connectivity index (χ2v) is 6.31. The van der Waals surface area contributed by atoms with Crippen LogP contribution in [0, 0.1) is 0 Å². The summed E-state index contributed by atoms with van der Waals surface area (Å²) in [6, 6.07) is 0.513. The molecule has 1 aromatic rings. The molecule has 0 aliphatic carbocycles. The molecule has 2 nitrogen and oxygen atoms in total. The maximum Gasteiger partial charge on any atom is 0.0569 e.